The number of aromatic nitrogens is 1. The molecule has 5 nitrogen and oxygen atoms in total. The number of hydrogen-bond donors (Lipinski definition) is 1. The summed E-state index contributed by atoms with van der Waals surface area (Å²) in [6, 6.07) is 1.71. The van der Waals surface area contributed by atoms with Crippen LogP contribution in [0.15, 0.2) is 10.6 Å². The molecule has 21 heavy (non-hydrogen) atoms. The molecule has 1 N–H and O–H groups in total. The highest BCUT2D eigenvalue weighted by atomic mass is 16.5. The zero-order chi connectivity index (χ0) is 15.9. The Kier molecular flexibility index (Phi) is 6.89. The Morgan fingerprint density at radius 2 is 2.10 bits per heavy atom. The fourth-order valence-electron chi connectivity index (χ4n) is 2.51. The van der Waals surface area contributed by atoms with E-state index in [0.29, 0.717) is 12.2 Å². The Labute approximate surface area is 128 Å². The summed E-state index contributed by atoms with van der Waals surface area (Å²) in [6.07, 6.45) is 3.98. The third kappa shape index (κ3) is 4.84. The van der Waals surface area contributed by atoms with Crippen LogP contribution >= 0.6 is 0 Å². The summed E-state index contributed by atoms with van der Waals surface area (Å²) >= 11 is 0. The smallest absolute Gasteiger partial charge is 0.273 e. The van der Waals surface area contributed by atoms with Crippen molar-refractivity contribution >= 4 is 5.91 Å². The summed E-state index contributed by atoms with van der Waals surface area (Å²) < 4.78 is 5.08. The maximum absolute atomic E-state index is 12.2. The maximum atomic E-state index is 12.2. The standard InChI is InChI=1S/C16H29N3O2/c1-6-9-16(4,19(5)10-7-2)12-17-15(20)14-11-13(8-3)21-18-14/h11H,6-10,12H2,1-5H3,(H,17,20). The van der Waals surface area contributed by atoms with Crippen molar-refractivity contribution in [3.63, 3.8) is 0 Å². The van der Waals surface area contributed by atoms with E-state index in [0.717, 1.165) is 38.0 Å². The van der Waals surface area contributed by atoms with E-state index < -0.39 is 0 Å². The molecule has 1 aromatic heterocycles. The van der Waals surface area contributed by atoms with Gasteiger partial charge in [0.2, 0.25) is 0 Å². The molecule has 0 bridgehead atoms. The van der Waals surface area contributed by atoms with Gasteiger partial charge in [0.25, 0.3) is 5.91 Å². The minimum atomic E-state index is -0.161. The average molecular weight is 295 g/mol. The highest BCUT2D eigenvalue weighted by Gasteiger charge is 2.28. The Morgan fingerprint density at radius 1 is 1.38 bits per heavy atom. The van der Waals surface area contributed by atoms with Gasteiger partial charge in [0.05, 0.1) is 0 Å². The van der Waals surface area contributed by atoms with Crippen LogP contribution in [0.2, 0.25) is 0 Å². The summed E-state index contributed by atoms with van der Waals surface area (Å²) in [7, 11) is 2.12. The second-order valence-corrected chi connectivity index (χ2v) is 5.88. The lowest BCUT2D eigenvalue weighted by atomic mass is 9.93. The summed E-state index contributed by atoms with van der Waals surface area (Å²) in [5.74, 6) is 0.574. The molecule has 1 atom stereocenters. The van der Waals surface area contributed by atoms with Crippen molar-refractivity contribution in [1.29, 1.82) is 0 Å². The van der Waals surface area contributed by atoms with Gasteiger partial charge in [-0.05, 0) is 33.4 Å². The topological polar surface area (TPSA) is 58.4 Å². The van der Waals surface area contributed by atoms with Crippen molar-refractivity contribution in [3.05, 3.63) is 17.5 Å². The molecule has 0 aliphatic carbocycles. The predicted molar refractivity (Wildman–Crippen MR) is 84.4 cm³/mol. The highest BCUT2D eigenvalue weighted by Crippen LogP contribution is 2.19. The van der Waals surface area contributed by atoms with Crippen LogP contribution in [0.3, 0.4) is 0 Å². The molecule has 0 saturated carbocycles. The highest BCUT2D eigenvalue weighted by molar-refractivity contribution is 5.92. The molecule has 0 aliphatic rings. The monoisotopic (exact) mass is 295 g/mol. The van der Waals surface area contributed by atoms with Crippen LogP contribution in [-0.2, 0) is 6.42 Å². The first kappa shape index (κ1) is 17.7. The molecule has 0 spiro atoms. The lowest BCUT2D eigenvalue weighted by Crippen LogP contribution is -2.52. The van der Waals surface area contributed by atoms with E-state index in [-0.39, 0.29) is 11.4 Å². The van der Waals surface area contributed by atoms with Crippen LogP contribution in [-0.4, -0.2) is 41.6 Å². The molecule has 1 heterocycles. The maximum Gasteiger partial charge on any atom is 0.273 e. The third-order valence-corrected chi connectivity index (χ3v) is 4.04. The first-order valence-electron chi connectivity index (χ1n) is 7.91. The van der Waals surface area contributed by atoms with Crippen LogP contribution in [0.1, 0.15) is 63.2 Å². The van der Waals surface area contributed by atoms with Crippen molar-refractivity contribution in [1.82, 2.24) is 15.4 Å². The summed E-state index contributed by atoms with van der Waals surface area (Å²) in [6.45, 7) is 10.2. The van der Waals surface area contributed by atoms with Gasteiger partial charge in [-0.2, -0.15) is 0 Å². The van der Waals surface area contributed by atoms with Gasteiger partial charge >= 0.3 is 0 Å². The molecule has 0 aromatic carbocycles. The van der Waals surface area contributed by atoms with Gasteiger partial charge in [0.15, 0.2) is 5.69 Å². The van der Waals surface area contributed by atoms with Crippen molar-refractivity contribution in [3.8, 4) is 0 Å². The van der Waals surface area contributed by atoms with Gasteiger partial charge in [-0.15, -0.1) is 0 Å². The van der Waals surface area contributed by atoms with Crippen LogP contribution in [0, 0.1) is 0 Å². The van der Waals surface area contributed by atoms with Gasteiger partial charge in [0, 0.05) is 24.6 Å². The minimum absolute atomic E-state index is 0.0300. The lowest BCUT2D eigenvalue weighted by Gasteiger charge is -2.39. The predicted octanol–water partition coefficient (Wildman–Crippen LogP) is 2.87. The van der Waals surface area contributed by atoms with Gasteiger partial charge in [-0.1, -0.05) is 32.3 Å². The first-order valence-corrected chi connectivity index (χ1v) is 7.91. The van der Waals surface area contributed by atoms with Crippen LogP contribution in [0.5, 0.6) is 0 Å². The molecule has 1 amide bonds. The zero-order valence-corrected chi connectivity index (χ0v) is 14.0. The van der Waals surface area contributed by atoms with Gasteiger partial charge in [-0.3, -0.25) is 9.69 Å². The molecule has 1 unspecified atom stereocenters. The number of carbonyl (C=O) groups is 1. The first-order chi connectivity index (χ1) is 9.96. The molecular weight excluding hydrogens is 266 g/mol. The molecule has 0 saturated heterocycles. The Morgan fingerprint density at radius 3 is 2.62 bits per heavy atom. The normalized spacial score (nSPS) is 14.2. The molecule has 0 fully saturated rings. The van der Waals surface area contributed by atoms with E-state index in [2.05, 4.69) is 43.2 Å². The number of nitrogens with zero attached hydrogens (tertiary/aromatic N) is 2. The van der Waals surface area contributed by atoms with Gasteiger partial charge in [0.1, 0.15) is 5.76 Å². The largest absolute Gasteiger partial charge is 0.361 e. The molecular formula is C16H29N3O2. The Bertz CT molecular complexity index is 444. The van der Waals surface area contributed by atoms with E-state index in [1.165, 1.54) is 0 Å². The summed E-state index contributed by atoms with van der Waals surface area (Å²) in [5.41, 5.74) is 0.335. The molecule has 1 aromatic rings. The Hall–Kier alpha value is -1.36. The number of aryl methyl sites for hydroxylation is 1. The van der Waals surface area contributed by atoms with Crippen LogP contribution < -0.4 is 5.32 Å². The van der Waals surface area contributed by atoms with Gasteiger partial charge < -0.3 is 9.84 Å². The Balaban J connectivity index is 2.65. The molecule has 0 radical (unpaired) electrons. The second kappa shape index (κ2) is 8.17. The number of likely N-dealkylation sites (N-methyl/N-ethyl adjacent to an activating group) is 1. The fourth-order valence-corrected chi connectivity index (χ4v) is 2.51. The quantitative estimate of drug-likeness (QED) is 0.761. The van der Waals surface area contributed by atoms with Crippen molar-refractivity contribution in [2.45, 2.75) is 58.9 Å². The summed E-state index contributed by atoms with van der Waals surface area (Å²) in [5, 5.41) is 6.81. The average Bonchev–Trinajstić information content (AvgIpc) is 2.94. The van der Waals surface area contributed by atoms with E-state index in [1.54, 1.807) is 6.07 Å². The van der Waals surface area contributed by atoms with Crippen molar-refractivity contribution in [2.24, 2.45) is 0 Å². The van der Waals surface area contributed by atoms with Crippen LogP contribution in [0.25, 0.3) is 0 Å². The SMILES string of the molecule is CCCN(C)C(C)(CCC)CNC(=O)c1cc(CC)on1. The zero-order valence-electron chi connectivity index (χ0n) is 14.0. The lowest BCUT2D eigenvalue weighted by molar-refractivity contribution is 0.0859. The van der Waals surface area contributed by atoms with Crippen molar-refractivity contribution < 1.29 is 9.32 Å². The van der Waals surface area contributed by atoms with E-state index in [9.17, 15) is 4.79 Å². The van der Waals surface area contributed by atoms with Crippen LogP contribution in [0.4, 0.5) is 0 Å². The van der Waals surface area contributed by atoms with Gasteiger partial charge in [-0.25, -0.2) is 0 Å². The third-order valence-electron chi connectivity index (χ3n) is 4.04. The fraction of sp³-hybridized carbons (Fsp3) is 0.750. The van der Waals surface area contributed by atoms with E-state index in [4.69, 9.17) is 4.52 Å². The molecule has 1 rings (SSSR count). The molecule has 0 aliphatic heterocycles. The summed E-state index contributed by atoms with van der Waals surface area (Å²) in [4.78, 5) is 14.5. The molecule has 5 heteroatoms. The van der Waals surface area contributed by atoms with Crippen molar-refractivity contribution in [2.75, 3.05) is 20.1 Å². The molecule has 120 valence electrons. The minimum Gasteiger partial charge on any atom is -0.361 e. The second-order valence-electron chi connectivity index (χ2n) is 5.88. The van der Waals surface area contributed by atoms with E-state index >= 15 is 0 Å². The number of hydrogen-bond acceptors (Lipinski definition) is 4. The number of carbonyl (C=O) groups excluding carboxylic acids is 1. The van der Waals surface area contributed by atoms with E-state index in [1.807, 2.05) is 6.92 Å². The number of amides is 1. The number of rotatable bonds is 9. The number of nitrogens with one attached hydrogen (secondary N) is 1.